The number of pyridine rings is 1. The Labute approximate surface area is 184 Å². The Kier molecular flexibility index (Phi) is 6.56. The van der Waals surface area contributed by atoms with E-state index in [2.05, 4.69) is 4.98 Å². The first kappa shape index (κ1) is 24.3. The Balaban J connectivity index is 2.29. The van der Waals surface area contributed by atoms with Crippen LogP contribution < -0.4 is 20.0 Å². The number of aryl methyl sites for hydroxylation is 1. The van der Waals surface area contributed by atoms with Gasteiger partial charge < -0.3 is 14.5 Å². The van der Waals surface area contributed by atoms with Crippen molar-refractivity contribution in [3.63, 3.8) is 0 Å². The number of hydrogen-bond donors (Lipinski definition) is 2. The van der Waals surface area contributed by atoms with Crippen LogP contribution in [0, 0.1) is 24.4 Å². The summed E-state index contributed by atoms with van der Waals surface area (Å²) in [4.78, 5) is 14.6. The fourth-order valence-electron chi connectivity index (χ4n) is 3.04. The molecule has 0 aliphatic rings. The molecule has 2 aromatic carbocycles. The molecule has 1 heterocycles. The molecule has 1 atom stereocenters. The highest BCUT2D eigenvalue weighted by Gasteiger charge is 2.36. The molecule has 0 saturated heterocycles. The minimum Gasteiger partial charge on any atom is -0.490 e. The van der Waals surface area contributed by atoms with E-state index in [0.29, 0.717) is 18.2 Å². The Morgan fingerprint density at radius 3 is 2.24 bits per heavy atom. The maximum atomic E-state index is 14.4. The van der Waals surface area contributed by atoms with Crippen molar-refractivity contribution in [2.75, 3.05) is 7.11 Å². The zero-order chi connectivity index (χ0) is 24.7. The van der Waals surface area contributed by atoms with Crippen molar-refractivity contribution in [3.8, 4) is 28.5 Å². The van der Waals surface area contributed by atoms with Crippen LogP contribution in [0.15, 0.2) is 40.0 Å². The normalized spacial score (nSPS) is 12.5. The number of aromatic nitrogens is 1. The number of halogens is 6. The monoisotopic (exact) mass is 492 g/mol. The summed E-state index contributed by atoms with van der Waals surface area (Å²) in [6.07, 6.45) is -5.12. The van der Waals surface area contributed by atoms with E-state index >= 15 is 0 Å². The third-order valence-electron chi connectivity index (χ3n) is 4.47. The van der Waals surface area contributed by atoms with E-state index in [1.807, 2.05) is 0 Å². The van der Waals surface area contributed by atoms with Crippen LogP contribution >= 0.6 is 0 Å². The van der Waals surface area contributed by atoms with Gasteiger partial charge in [-0.05, 0) is 31.2 Å². The topological polar surface area (TPSA) is 94.4 Å². The zero-order valence-electron chi connectivity index (χ0n) is 16.8. The maximum absolute atomic E-state index is 14.4. The molecule has 3 aromatic rings. The molecule has 6 nitrogen and oxygen atoms in total. The number of methoxy groups -OCH3 is 1. The smallest absolute Gasteiger partial charge is 0.419 e. The molecule has 0 aliphatic heterocycles. The van der Waals surface area contributed by atoms with Crippen molar-refractivity contribution in [3.05, 3.63) is 69.3 Å². The molecular weight excluding hydrogens is 478 g/mol. The minimum atomic E-state index is -5.12. The van der Waals surface area contributed by atoms with Gasteiger partial charge in [0.2, 0.25) is 11.6 Å². The van der Waals surface area contributed by atoms with Gasteiger partial charge in [-0.3, -0.25) is 4.79 Å². The van der Waals surface area contributed by atoms with Crippen LogP contribution in [0.1, 0.15) is 11.3 Å². The fourth-order valence-corrected chi connectivity index (χ4v) is 3.65. The lowest BCUT2D eigenvalue weighted by Gasteiger charge is -2.18. The molecule has 3 rings (SSSR count). The first-order chi connectivity index (χ1) is 15.3. The van der Waals surface area contributed by atoms with Crippen molar-refractivity contribution in [2.45, 2.75) is 18.0 Å². The molecule has 0 spiro atoms. The molecular formula is C20H14F6N2O4S. The van der Waals surface area contributed by atoms with Gasteiger partial charge in [0.05, 0.1) is 18.4 Å². The van der Waals surface area contributed by atoms with E-state index in [1.54, 1.807) is 0 Å². The number of nitrogens with two attached hydrogens (primary N) is 1. The van der Waals surface area contributed by atoms with Gasteiger partial charge in [0.1, 0.15) is 27.4 Å². The molecule has 0 radical (unpaired) electrons. The number of benzene rings is 2. The summed E-state index contributed by atoms with van der Waals surface area (Å²) in [7, 11) is -1.20. The molecule has 0 fully saturated rings. The van der Waals surface area contributed by atoms with E-state index in [-0.39, 0.29) is 21.8 Å². The predicted octanol–water partition coefficient (Wildman–Crippen LogP) is 4.57. The molecule has 0 saturated carbocycles. The molecule has 0 aliphatic carbocycles. The van der Waals surface area contributed by atoms with Crippen LogP contribution in [0.5, 0.6) is 17.2 Å². The largest absolute Gasteiger partial charge is 0.490 e. The van der Waals surface area contributed by atoms with Crippen molar-refractivity contribution >= 4 is 11.0 Å². The van der Waals surface area contributed by atoms with E-state index in [9.17, 15) is 35.3 Å². The lowest BCUT2D eigenvalue weighted by molar-refractivity contribution is -0.140. The second kappa shape index (κ2) is 8.90. The van der Waals surface area contributed by atoms with Crippen molar-refractivity contribution in [1.82, 2.24) is 4.98 Å². The minimum absolute atomic E-state index is 0.00926. The average molecular weight is 492 g/mol. The van der Waals surface area contributed by atoms with Crippen LogP contribution in [0.4, 0.5) is 26.3 Å². The van der Waals surface area contributed by atoms with E-state index in [4.69, 9.17) is 14.6 Å². The van der Waals surface area contributed by atoms with Crippen LogP contribution in [-0.2, 0) is 17.2 Å². The number of hydrogen-bond acceptors (Lipinski definition) is 4. The highest BCUT2D eigenvalue weighted by atomic mass is 32.2. The van der Waals surface area contributed by atoms with Crippen LogP contribution in [0.25, 0.3) is 11.3 Å². The first-order valence-electron chi connectivity index (χ1n) is 8.86. The SMILES string of the molecule is COc1c(Oc2cc(C(F)(F)F)c(F)cc2-c2cc(=O)c(S(N)=O)c(C)[nH]2)ccc(F)c1F. The highest BCUT2D eigenvalue weighted by Crippen LogP contribution is 2.42. The number of nitrogens with one attached hydrogen (secondary N) is 1. The molecule has 0 amide bonds. The van der Waals surface area contributed by atoms with Gasteiger partial charge in [-0.15, -0.1) is 0 Å². The van der Waals surface area contributed by atoms with Gasteiger partial charge in [-0.1, -0.05) is 0 Å². The summed E-state index contributed by atoms with van der Waals surface area (Å²) in [5.74, 6) is -6.39. The summed E-state index contributed by atoms with van der Waals surface area (Å²) >= 11 is 0. The van der Waals surface area contributed by atoms with Crippen molar-refractivity contribution in [1.29, 1.82) is 0 Å². The maximum Gasteiger partial charge on any atom is 0.419 e. The predicted molar refractivity (Wildman–Crippen MR) is 106 cm³/mol. The Morgan fingerprint density at radius 1 is 1.03 bits per heavy atom. The number of alkyl halides is 3. The lowest BCUT2D eigenvalue weighted by Crippen LogP contribution is -2.18. The second-order valence-corrected chi connectivity index (χ2v) is 7.62. The first-order valence-corrected chi connectivity index (χ1v) is 10.1. The van der Waals surface area contributed by atoms with Gasteiger partial charge in [0.15, 0.2) is 17.0 Å². The molecule has 3 N–H and O–H groups in total. The van der Waals surface area contributed by atoms with E-state index in [1.165, 1.54) is 6.92 Å². The Bertz CT molecular complexity index is 1320. The number of ether oxygens (including phenoxy) is 2. The van der Waals surface area contributed by atoms with Gasteiger partial charge >= 0.3 is 6.18 Å². The molecule has 13 heteroatoms. The highest BCUT2D eigenvalue weighted by molar-refractivity contribution is 7.82. The average Bonchev–Trinajstić information content (AvgIpc) is 2.70. The molecule has 0 bridgehead atoms. The quantitative estimate of drug-likeness (QED) is 0.511. The fraction of sp³-hybridized carbons (Fsp3) is 0.150. The summed E-state index contributed by atoms with van der Waals surface area (Å²) in [5, 5.41) is 5.25. The Morgan fingerprint density at radius 2 is 1.70 bits per heavy atom. The van der Waals surface area contributed by atoms with Crippen LogP contribution in [0.2, 0.25) is 0 Å². The number of aromatic amines is 1. The van der Waals surface area contributed by atoms with E-state index in [0.717, 1.165) is 19.2 Å². The van der Waals surface area contributed by atoms with Crippen molar-refractivity contribution in [2.24, 2.45) is 5.14 Å². The van der Waals surface area contributed by atoms with Gasteiger partial charge in [-0.2, -0.15) is 17.6 Å². The number of rotatable bonds is 5. The van der Waals surface area contributed by atoms with Gasteiger partial charge in [0.25, 0.3) is 0 Å². The van der Waals surface area contributed by atoms with Crippen LogP contribution in [-0.4, -0.2) is 16.3 Å². The number of H-pyrrole nitrogens is 1. The third kappa shape index (κ3) is 4.73. The second-order valence-electron chi connectivity index (χ2n) is 6.62. The van der Waals surface area contributed by atoms with Crippen LogP contribution in [0.3, 0.4) is 0 Å². The summed E-state index contributed by atoms with van der Waals surface area (Å²) in [5.41, 5.74) is -3.12. The molecule has 1 unspecified atom stereocenters. The summed E-state index contributed by atoms with van der Waals surface area (Å²) in [6.45, 7) is 1.32. The van der Waals surface area contributed by atoms with E-state index < -0.39 is 62.9 Å². The molecule has 33 heavy (non-hydrogen) atoms. The van der Waals surface area contributed by atoms with Gasteiger partial charge in [0, 0.05) is 17.3 Å². The van der Waals surface area contributed by atoms with Crippen molar-refractivity contribution < 1.29 is 40.0 Å². The zero-order valence-corrected chi connectivity index (χ0v) is 17.6. The van der Waals surface area contributed by atoms with Gasteiger partial charge in [-0.25, -0.2) is 18.1 Å². The summed E-state index contributed by atoms with van der Waals surface area (Å²) < 4.78 is 103. The Hall–Kier alpha value is -3.32. The molecule has 1 aromatic heterocycles. The standard InChI is InChI=1S/C20H14F6N2O4S/c1-8-19(33(27)30)14(29)7-13(28-8)9-5-12(22)10(20(24,25)26)6-16(9)32-15-4-3-11(21)17(23)18(15)31-2/h3-7H,27H2,1-2H3,(H,28,29). The summed E-state index contributed by atoms with van der Waals surface area (Å²) in [6, 6.07) is 3.14. The lowest BCUT2D eigenvalue weighted by atomic mass is 10.0. The molecule has 176 valence electrons. The third-order valence-corrected chi connectivity index (χ3v) is 5.38.